The number of benzene rings is 2. The molecule has 0 saturated heterocycles. The zero-order valence-corrected chi connectivity index (χ0v) is 23.6. The number of carbonyl (C=O) groups excluding carboxylic acids is 1. The number of anilines is 1. The van der Waals surface area contributed by atoms with Crippen LogP contribution in [0, 0.1) is 11.6 Å². The smallest absolute Gasteiger partial charge is 0.407 e. The number of alkyl carbamates (subject to hydrolysis) is 1. The van der Waals surface area contributed by atoms with E-state index in [2.05, 4.69) is 31.1 Å². The number of thiocarbonyl (C=S) groups is 1. The molecule has 8 nitrogen and oxygen atoms in total. The fourth-order valence-corrected chi connectivity index (χ4v) is 5.04. The minimum absolute atomic E-state index is 0.169. The van der Waals surface area contributed by atoms with E-state index < -0.39 is 11.9 Å². The van der Waals surface area contributed by atoms with Gasteiger partial charge in [-0.3, -0.25) is 4.98 Å². The lowest BCUT2D eigenvalue weighted by molar-refractivity contribution is 0.140. The van der Waals surface area contributed by atoms with Gasteiger partial charge < -0.3 is 20.7 Å². The van der Waals surface area contributed by atoms with Crippen molar-refractivity contribution in [2.75, 3.05) is 25.0 Å². The van der Waals surface area contributed by atoms with Gasteiger partial charge in [0.1, 0.15) is 29.0 Å². The summed E-state index contributed by atoms with van der Waals surface area (Å²) >= 11 is 5.40. The van der Waals surface area contributed by atoms with Crippen LogP contribution in [0.1, 0.15) is 36.1 Å². The Morgan fingerprint density at radius 3 is 2.45 bits per heavy atom. The van der Waals surface area contributed by atoms with Crippen LogP contribution in [-0.2, 0) is 16.8 Å². The van der Waals surface area contributed by atoms with Crippen LogP contribution in [0.4, 0.5) is 19.4 Å². The van der Waals surface area contributed by atoms with Gasteiger partial charge in [-0.1, -0.05) is 49.0 Å². The maximum atomic E-state index is 14.6. The maximum Gasteiger partial charge on any atom is 0.407 e. The summed E-state index contributed by atoms with van der Waals surface area (Å²) in [5.74, 6) is -0.224. The summed E-state index contributed by atoms with van der Waals surface area (Å²) in [7, 11) is 0. The second-order valence-electron chi connectivity index (χ2n) is 10.1. The number of pyridine rings is 1. The van der Waals surface area contributed by atoms with E-state index in [1.165, 1.54) is 12.1 Å². The summed E-state index contributed by atoms with van der Waals surface area (Å²) in [6.45, 7) is 1.19. The van der Waals surface area contributed by atoms with Gasteiger partial charge in [-0.15, -0.1) is 10.2 Å². The fraction of sp³-hybridized carbons (Fsp3) is 0.258. The highest BCUT2D eigenvalue weighted by molar-refractivity contribution is 7.80. The Balaban J connectivity index is 1.13. The lowest BCUT2D eigenvalue weighted by Gasteiger charge is -2.41. The molecule has 11 heteroatoms. The molecule has 1 aliphatic carbocycles. The summed E-state index contributed by atoms with van der Waals surface area (Å²) in [4.78, 5) is 16.4. The summed E-state index contributed by atoms with van der Waals surface area (Å²) < 4.78 is 34.2. The maximum absolute atomic E-state index is 14.6. The van der Waals surface area contributed by atoms with Crippen LogP contribution >= 0.6 is 12.2 Å². The van der Waals surface area contributed by atoms with Crippen molar-refractivity contribution in [3.63, 3.8) is 0 Å². The second-order valence-corrected chi connectivity index (χ2v) is 10.5. The highest BCUT2D eigenvalue weighted by atomic mass is 32.1. The van der Waals surface area contributed by atoms with Gasteiger partial charge in [0.25, 0.3) is 0 Å². The Bertz CT molecular complexity index is 1530. The monoisotopic (exact) mass is 588 g/mol. The van der Waals surface area contributed by atoms with Gasteiger partial charge >= 0.3 is 6.09 Å². The average molecular weight is 589 g/mol. The first-order valence-electron chi connectivity index (χ1n) is 13.6. The highest BCUT2D eigenvalue weighted by Gasteiger charge is 2.41. The van der Waals surface area contributed by atoms with Crippen molar-refractivity contribution in [3.8, 4) is 11.3 Å². The van der Waals surface area contributed by atoms with Crippen LogP contribution in [0.3, 0.4) is 0 Å². The molecular formula is C31H30F2N6O2S. The first kappa shape index (κ1) is 29.0. The molecule has 0 bridgehead atoms. The molecule has 2 aromatic carbocycles. The summed E-state index contributed by atoms with van der Waals surface area (Å²) in [6, 6.07) is 20.5. The molecule has 0 radical (unpaired) electrons. The molecule has 2 heterocycles. The standard InChI is InChI=1S/C31H30F2N6O2S/c32-24-10-9-22(18-23(24)29(42)35-16-17-36-30(40)41-19-21-6-2-1-3-7-21)26-11-12-27(39-38-26)37-20-31(13-5-14-31)28-25(33)8-4-15-34-28/h1-4,6-12,15,18H,5,13-14,16-17,19-20H2,(H,35,42)(H,36,40)(H,37,39). The molecule has 216 valence electrons. The van der Waals surface area contributed by atoms with Gasteiger partial charge in [-0.2, -0.15) is 0 Å². The molecule has 1 amide bonds. The van der Waals surface area contributed by atoms with Crippen molar-refractivity contribution >= 4 is 29.1 Å². The molecule has 5 rings (SSSR count). The molecule has 42 heavy (non-hydrogen) atoms. The molecule has 2 aromatic heterocycles. The number of nitrogens with zero attached hydrogens (tertiary/aromatic N) is 3. The number of aromatic nitrogens is 3. The van der Waals surface area contributed by atoms with E-state index in [4.69, 9.17) is 17.0 Å². The van der Waals surface area contributed by atoms with Gasteiger partial charge in [0.2, 0.25) is 0 Å². The molecular weight excluding hydrogens is 558 g/mol. The first-order chi connectivity index (χ1) is 20.4. The van der Waals surface area contributed by atoms with Gasteiger partial charge in [-0.25, -0.2) is 13.6 Å². The quantitative estimate of drug-likeness (QED) is 0.155. The highest BCUT2D eigenvalue weighted by Crippen LogP contribution is 2.43. The second kappa shape index (κ2) is 13.4. The van der Waals surface area contributed by atoms with Crippen molar-refractivity contribution in [2.45, 2.75) is 31.3 Å². The Labute approximate surface area is 247 Å². The summed E-state index contributed by atoms with van der Waals surface area (Å²) in [6.07, 6.45) is 3.78. The topological polar surface area (TPSA) is 101 Å². The molecule has 3 N–H and O–H groups in total. The van der Waals surface area contributed by atoms with E-state index in [0.29, 0.717) is 29.3 Å². The van der Waals surface area contributed by atoms with Crippen LogP contribution in [0.2, 0.25) is 0 Å². The normalized spacial score (nSPS) is 13.5. The first-order valence-corrected chi connectivity index (χ1v) is 14.1. The van der Waals surface area contributed by atoms with Gasteiger partial charge in [0, 0.05) is 42.4 Å². The third-order valence-corrected chi connectivity index (χ3v) is 7.61. The van der Waals surface area contributed by atoms with Crippen molar-refractivity contribution < 1.29 is 18.3 Å². The van der Waals surface area contributed by atoms with E-state index in [1.807, 2.05) is 30.3 Å². The third kappa shape index (κ3) is 7.03. The largest absolute Gasteiger partial charge is 0.445 e. The minimum Gasteiger partial charge on any atom is -0.445 e. The van der Waals surface area contributed by atoms with E-state index in [0.717, 1.165) is 24.8 Å². The van der Waals surface area contributed by atoms with Crippen LogP contribution in [0.5, 0.6) is 0 Å². The SMILES string of the molecule is O=C(NCCNC(=S)c1cc(-c2ccc(NCC3(c4ncccc4F)CCC3)nn2)ccc1F)OCc1ccccc1. The number of hydrogen-bond donors (Lipinski definition) is 3. The summed E-state index contributed by atoms with van der Waals surface area (Å²) in [5, 5.41) is 17.4. The predicted molar refractivity (Wildman–Crippen MR) is 160 cm³/mol. The zero-order chi connectivity index (χ0) is 29.4. The van der Waals surface area contributed by atoms with Crippen LogP contribution < -0.4 is 16.0 Å². The van der Waals surface area contributed by atoms with E-state index in [-0.39, 0.29) is 41.5 Å². The number of halogens is 2. The number of amides is 1. The van der Waals surface area contributed by atoms with Crippen LogP contribution in [0.15, 0.2) is 79.0 Å². The van der Waals surface area contributed by atoms with Gasteiger partial charge in [-0.05, 0) is 60.9 Å². The number of carbonyl (C=O) groups is 1. The molecule has 1 saturated carbocycles. The lowest BCUT2D eigenvalue weighted by Crippen LogP contribution is -2.42. The molecule has 1 fully saturated rings. The van der Waals surface area contributed by atoms with E-state index in [9.17, 15) is 13.6 Å². The molecule has 0 atom stereocenters. The fourth-order valence-electron chi connectivity index (χ4n) is 4.79. The average Bonchev–Trinajstić information content (AvgIpc) is 2.99. The van der Waals surface area contributed by atoms with E-state index in [1.54, 1.807) is 36.5 Å². The minimum atomic E-state index is -0.553. The van der Waals surface area contributed by atoms with Gasteiger partial charge in [0.05, 0.1) is 11.4 Å². The molecule has 0 aliphatic heterocycles. The Morgan fingerprint density at radius 1 is 0.929 bits per heavy atom. The van der Waals surface area contributed by atoms with E-state index >= 15 is 0 Å². The van der Waals surface area contributed by atoms with Gasteiger partial charge in [0.15, 0.2) is 0 Å². The van der Waals surface area contributed by atoms with Crippen molar-refractivity contribution in [3.05, 3.63) is 107 Å². The predicted octanol–water partition coefficient (Wildman–Crippen LogP) is 5.54. The zero-order valence-electron chi connectivity index (χ0n) is 22.8. The molecule has 0 spiro atoms. The number of nitrogens with one attached hydrogen (secondary N) is 3. The Kier molecular flexibility index (Phi) is 9.28. The number of ether oxygens (including phenoxy) is 1. The van der Waals surface area contributed by atoms with Crippen LogP contribution in [0.25, 0.3) is 11.3 Å². The van der Waals surface area contributed by atoms with Crippen molar-refractivity contribution in [1.29, 1.82) is 0 Å². The molecule has 0 unspecified atom stereocenters. The van der Waals surface area contributed by atoms with Crippen molar-refractivity contribution in [2.24, 2.45) is 0 Å². The summed E-state index contributed by atoms with van der Waals surface area (Å²) in [5.41, 5.74) is 2.40. The molecule has 1 aliphatic rings. The number of hydrogen-bond acceptors (Lipinski definition) is 7. The third-order valence-electron chi connectivity index (χ3n) is 7.24. The lowest BCUT2D eigenvalue weighted by atomic mass is 9.66. The Morgan fingerprint density at radius 2 is 1.74 bits per heavy atom. The van der Waals surface area contributed by atoms with Crippen molar-refractivity contribution in [1.82, 2.24) is 25.8 Å². The molecule has 4 aromatic rings. The Hall–Kier alpha value is -4.51. The van der Waals surface area contributed by atoms with Crippen LogP contribution in [-0.4, -0.2) is 45.9 Å². The number of rotatable bonds is 11.